The molecule has 2 aromatic rings. The molecule has 2 rings (SSSR count). The third-order valence-corrected chi connectivity index (χ3v) is 1.50. The first-order valence-corrected chi connectivity index (χ1v) is 3.36. The summed E-state index contributed by atoms with van der Waals surface area (Å²) in [6.45, 7) is 3.54. The molecule has 2 heterocycles. The summed E-state index contributed by atoms with van der Waals surface area (Å²) < 4.78 is 1.49. The van der Waals surface area contributed by atoms with Crippen LogP contribution >= 0.6 is 0 Å². The quantitative estimate of drug-likeness (QED) is 0.652. The number of fused-ring (bicyclic) bond motifs is 1. The zero-order chi connectivity index (χ0) is 8.55. The topological polar surface area (TPSA) is 63.6 Å². The van der Waals surface area contributed by atoms with E-state index in [2.05, 4.69) is 21.6 Å². The van der Waals surface area contributed by atoms with E-state index in [9.17, 15) is 4.79 Å². The second-order valence-corrected chi connectivity index (χ2v) is 2.26. The van der Waals surface area contributed by atoms with Gasteiger partial charge >= 0.3 is 0 Å². The minimum absolute atomic E-state index is 0.230. The molecule has 0 fully saturated rings. The number of hydrogen-bond acceptors (Lipinski definition) is 3. The van der Waals surface area contributed by atoms with Gasteiger partial charge in [0.2, 0.25) is 0 Å². The number of nitrogens with zero attached hydrogens (tertiary/aromatic N) is 3. The lowest BCUT2D eigenvalue weighted by atomic mass is 10.5. The molecule has 0 aromatic carbocycles. The number of nitrogens with one attached hydrogen (secondary N) is 1. The molecule has 1 N–H and O–H groups in total. The number of aromatic amines is 1. The lowest BCUT2D eigenvalue weighted by Gasteiger charge is -1.90. The number of aromatic nitrogens is 4. The molecule has 2 aromatic heterocycles. The fourth-order valence-electron chi connectivity index (χ4n) is 0.991. The highest BCUT2D eigenvalue weighted by Gasteiger charge is 2.00. The van der Waals surface area contributed by atoms with Gasteiger partial charge in [0.25, 0.3) is 5.56 Å². The van der Waals surface area contributed by atoms with Gasteiger partial charge in [0.1, 0.15) is 5.52 Å². The van der Waals surface area contributed by atoms with E-state index in [-0.39, 0.29) is 5.56 Å². The van der Waals surface area contributed by atoms with Gasteiger partial charge in [-0.3, -0.25) is 4.79 Å². The minimum atomic E-state index is -0.230. The molecule has 0 saturated carbocycles. The number of rotatable bonds is 1. The Morgan fingerprint density at radius 3 is 3.17 bits per heavy atom. The van der Waals surface area contributed by atoms with Gasteiger partial charge in [0.05, 0.1) is 12.4 Å². The van der Waals surface area contributed by atoms with E-state index in [4.69, 9.17) is 0 Å². The summed E-state index contributed by atoms with van der Waals surface area (Å²) in [5.41, 5.74) is 0.984. The van der Waals surface area contributed by atoms with E-state index >= 15 is 0 Å². The maximum absolute atomic E-state index is 10.8. The van der Waals surface area contributed by atoms with Gasteiger partial charge in [-0.05, 0) is 0 Å². The van der Waals surface area contributed by atoms with Gasteiger partial charge in [0.15, 0.2) is 5.65 Å². The van der Waals surface area contributed by atoms with Crippen molar-refractivity contribution in [3.8, 4) is 0 Å². The molecular weight excluding hydrogens is 156 g/mol. The first-order chi connectivity index (χ1) is 5.81. The largest absolute Gasteiger partial charge is 0.317 e. The van der Waals surface area contributed by atoms with Crippen LogP contribution in [-0.2, 0) is 0 Å². The zero-order valence-electron chi connectivity index (χ0n) is 6.19. The first kappa shape index (κ1) is 6.78. The van der Waals surface area contributed by atoms with Gasteiger partial charge in [-0.25, -0.2) is 9.67 Å². The van der Waals surface area contributed by atoms with Crippen molar-refractivity contribution < 1.29 is 0 Å². The molecule has 0 atom stereocenters. The molecule has 0 radical (unpaired) electrons. The first-order valence-electron chi connectivity index (χ1n) is 3.36. The smallest absolute Gasteiger partial charge is 0.267 e. The molecule has 0 unspecified atom stereocenters. The lowest BCUT2D eigenvalue weighted by Crippen LogP contribution is -2.04. The van der Waals surface area contributed by atoms with Crippen molar-refractivity contribution in [1.82, 2.24) is 19.7 Å². The maximum Gasteiger partial charge on any atom is 0.267 e. The van der Waals surface area contributed by atoms with Crippen molar-refractivity contribution in [2.24, 2.45) is 0 Å². The predicted octanol–water partition coefficient (Wildman–Crippen LogP) is 0.220. The van der Waals surface area contributed by atoms with Crippen molar-refractivity contribution in [3.63, 3.8) is 0 Å². The highest BCUT2D eigenvalue weighted by Crippen LogP contribution is 2.03. The molecule has 0 spiro atoms. The summed E-state index contributed by atoms with van der Waals surface area (Å²) >= 11 is 0. The van der Waals surface area contributed by atoms with Crippen LogP contribution < -0.4 is 5.56 Å². The Kier molecular flexibility index (Phi) is 1.30. The number of hydrogen-bond donors (Lipinski definition) is 1. The third-order valence-electron chi connectivity index (χ3n) is 1.50. The summed E-state index contributed by atoms with van der Waals surface area (Å²) in [6, 6.07) is 0. The monoisotopic (exact) mass is 162 g/mol. The van der Waals surface area contributed by atoms with Crippen LogP contribution in [0.4, 0.5) is 0 Å². The van der Waals surface area contributed by atoms with Gasteiger partial charge in [0, 0.05) is 6.20 Å². The van der Waals surface area contributed by atoms with Crippen molar-refractivity contribution in [1.29, 1.82) is 0 Å². The second kappa shape index (κ2) is 2.30. The molecule has 0 bridgehead atoms. The molecule has 0 aliphatic carbocycles. The highest BCUT2D eigenvalue weighted by atomic mass is 16.1. The zero-order valence-corrected chi connectivity index (χ0v) is 6.19. The molecule has 0 saturated heterocycles. The normalized spacial score (nSPS) is 10.3. The molecular formula is C7H6N4O. The van der Waals surface area contributed by atoms with Crippen LogP contribution in [0.15, 0.2) is 23.8 Å². The van der Waals surface area contributed by atoms with Crippen LogP contribution in [0.25, 0.3) is 17.4 Å². The van der Waals surface area contributed by atoms with Crippen LogP contribution in [0, 0.1) is 0 Å². The summed E-state index contributed by atoms with van der Waals surface area (Å²) in [5.74, 6) is 0. The van der Waals surface area contributed by atoms with E-state index in [1.54, 1.807) is 0 Å². The molecule has 5 heteroatoms. The van der Waals surface area contributed by atoms with Crippen molar-refractivity contribution in [3.05, 3.63) is 29.3 Å². The van der Waals surface area contributed by atoms with Crippen molar-refractivity contribution >= 4 is 17.4 Å². The SMILES string of the molecule is C=Cn1ncc2[nH]c(=O)cnc21. The summed E-state index contributed by atoms with van der Waals surface area (Å²) in [7, 11) is 0. The van der Waals surface area contributed by atoms with Crippen molar-refractivity contribution in [2.75, 3.05) is 0 Å². The van der Waals surface area contributed by atoms with Crippen LogP contribution in [-0.4, -0.2) is 19.7 Å². The Morgan fingerprint density at radius 2 is 2.42 bits per heavy atom. The Bertz CT molecular complexity index is 481. The Labute approximate surface area is 67.4 Å². The molecule has 0 aliphatic rings. The minimum Gasteiger partial charge on any atom is -0.317 e. The van der Waals surface area contributed by atoms with Gasteiger partial charge in [-0.15, -0.1) is 0 Å². The van der Waals surface area contributed by atoms with Crippen LogP contribution in [0.3, 0.4) is 0 Å². The average molecular weight is 162 g/mol. The fourth-order valence-corrected chi connectivity index (χ4v) is 0.991. The molecule has 0 amide bonds. The van der Waals surface area contributed by atoms with Gasteiger partial charge in [-0.1, -0.05) is 6.58 Å². The second-order valence-electron chi connectivity index (χ2n) is 2.26. The summed E-state index contributed by atoms with van der Waals surface area (Å²) in [5, 5.41) is 3.92. The third kappa shape index (κ3) is 0.833. The Hall–Kier alpha value is -1.91. The Balaban J connectivity index is 2.90. The standard InChI is InChI=1S/C7H6N4O/c1-2-11-7-5(3-9-11)10-6(12)4-8-7/h2-4H,1H2,(H,10,12). The fraction of sp³-hybridized carbons (Fsp3) is 0. The highest BCUT2D eigenvalue weighted by molar-refractivity contribution is 5.70. The van der Waals surface area contributed by atoms with E-state index in [0.717, 1.165) is 0 Å². The van der Waals surface area contributed by atoms with Crippen LogP contribution in [0.1, 0.15) is 0 Å². The molecule has 0 aliphatic heterocycles. The molecule has 5 nitrogen and oxygen atoms in total. The van der Waals surface area contributed by atoms with Crippen LogP contribution in [0.2, 0.25) is 0 Å². The lowest BCUT2D eigenvalue weighted by molar-refractivity contribution is 0.950. The van der Waals surface area contributed by atoms with Gasteiger partial charge in [-0.2, -0.15) is 5.10 Å². The van der Waals surface area contributed by atoms with E-state index < -0.39 is 0 Å². The predicted molar refractivity (Wildman–Crippen MR) is 44.5 cm³/mol. The molecule has 60 valence electrons. The maximum atomic E-state index is 10.8. The Morgan fingerprint density at radius 1 is 1.58 bits per heavy atom. The number of H-pyrrole nitrogens is 1. The van der Waals surface area contributed by atoms with Crippen LogP contribution in [0.5, 0.6) is 0 Å². The van der Waals surface area contributed by atoms with Crippen molar-refractivity contribution in [2.45, 2.75) is 0 Å². The summed E-state index contributed by atoms with van der Waals surface area (Å²) in [6.07, 6.45) is 4.27. The van der Waals surface area contributed by atoms with Gasteiger partial charge < -0.3 is 4.98 Å². The molecule has 12 heavy (non-hydrogen) atoms. The average Bonchev–Trinajstić information content (AvgIpc) is 2.46. The van der Waals surface area contributed by atoms with E-state index in [0.29, 0.717) is 11.2 Å². The summed E-state index contributed by atoms with van der Waals surface area (Å²) in [4.78, 5) is 17.3. The van der Waals surface area contributed by atoms with E-state index in [1.807, 2.05) is 0 Å². The van der Waals surface area contributed by atoms with E-state index in [1.165, 1.54) is 23.3 Å².